The molecule has 0 aromatic heterocycles. The van der Waals surface area contributed by atoms with E-state index in [1.54, 1.807) is 24.3 Å². The van der Waals surface area contributed by atoms with Crippen LogP contribution in [0.3, 0.4) is 0 Å². The first-order valence-electron chi connectivity index (χ1n) is 7.25. The average Bonchev–Trinajstić information content (AvgIpc) is 2.52. The van der Waals surface area contributed by atoms with Crippen LogP contribution in [0.25, 0.3) is 0 Å². The fraction of sp³-hybridized carbons (Fsp3) is 0.533. The maximum atomic E-state index is 12.8. The Morgan fingerprint density at radius 2 is 2.09 bits per heavy atom. The molecule has 0 atom stereocenters. The molecule has 1 fully saturated rings. The normalized spacial score (nSPS) is 16.0. The van der Waals surface area contributed by atoms with Gasteiger partial charge in [-0.05, 0) is 25.0 Å². The number of alkyl halides is 3. The minimum Gasteiger partial charge on any atom is -0.497 e. The van der Waals surface area contributed by atoms with Crippen molar-refractivity contribution in [2.24, 2.45) is 0 Å². The molecule has 23 heavy (non-hydrogen) atoms. The summed E-state index contributed by atoms with van der Waals surface area (Å²) in [6.07, 6.45) is -3.67. The third-order valence-corrected chi connectivity index (χ3v) is 3.56. The second-order valence-corrected chi connectivity index (χ2v) is 5.25. The van der Waals surface area contributed by atoms with Gasteiger partial charge in [0.1, 0.15) is 12.3 Å². The Morgan fingerprint density at radius 3 is 2.70 bits per heavy atom. The first kappa shape index (κ1) is 17.4. The predicted octanol–water partition coefficient (Wildman–Crippen LogP) is 3.27. The van der Waals surface area contributed by atoms with Crippen molar-refractivity contribution in [3.05, 3.63) is 24.3 Å². The predicted molar refractivity (Wildman–Crippen MR) is 78.6 cm³/mol. The molecule has 1 aliphatic rings. The number of ether oxygens (including phenoxy) is 2. The van der Waals surface area contributed by atoms with Crippen LogP contribution in [0.5, 0.6) is 5.75 Å². The number of anilines is 1. The quantitative estimate of drug-likeness (QED) is 0.921. The van der Waals surface area contributed by atoms with Gasteiger partial charge in [-0.3, -0.25) is 0 Å². The summed E-state index contributed by atoms with van der Waals surface area (Å²) in [6.45, 7) is -0.579. The molecule has 1 saturated heterocycles. The number of hydrogen-bond acceptors (Lipinski definition) is 3. The van der Waals surface area contributed by atoms with Crippen LogP contribution < -0.4 is 10.1 Å². The third-order valence-electron chi connectivity index (χ3n) is 3.56. The third kappa shape index (κ3) is 5.31. The van der Waals surface area contributed by atoms with Gasteiger partial charge in [0.05, 0.1) is 7.11 Å². The van der Waals surface area contributed by atoms with Crippen LogP contribution in [-0.2, 0) is 4.74 Å². The maximum Gasteiger partial charge on any atom is 0.406 e. The van der Waals surface area contributed by atoms with Crippen molar-refractivity contribution in [1.29, 1.82) is 0 Å². The highest BCUT2D eigenvalue weighted by molar-refractivity contribution is 5.89. The van der Waals surface area contributed by atoms with E-state index in [0.717, 1.165) is 4.90 Å². The number of nitrogens with zero attached hydrogens (tertiary/aromatic N) is 1. The minimum atomic E-state index is -4.45. The SMILES string of the molecule is COc1cccc(NC(=O)N(CC(F)(F)F)C2CCOCC2)c1. The molecule has 5 nitrogen and oxygen atoms in total. The van der Waals surface area contributed by atoms with Gasteiger partial charge in [0, 0.05) is 31.0 Å². The zero-order valence-electron chi connectivity index (χ0n) is 12.7. The molecule has 1 heterocycles. The van der Waals surface area contributed by atoms with Crippen LogP contribution in [0, 0.1) is 0 Å². The first-order valence-corrected chi connectivity index (χ1v) is 7.25. The molecule has 0 bridgehead atoms. The molecule has 2 amide bonds. The van der Waals surface area contributed by atoms with E-state index < -0.39 is 24.8 Å². The number of carbonyl (C=O) groups is 1. The van der Waals surface area contributed by atoms with Gasteiger partial charge in [-0.25, -0.2) is 4.79 Å². The summed E-state index contributed by atoms with van der Waals surface area (Å²) in [5.41, 5.74) is 0.383. The molecule has 0 aliphatic carbocycles. The van der Waals surface area contributed by atoms with Gasteiger partial charge in [-0.15, -0.1) is 0 Å². The van der Waals surface area contributed by atoms with Gasteiger partial charge >= 0.3 is 12.2 Å². The highest BCUT2D eigenvalue weighted by Crippen LogP contribution is 2.24. The molecule has 1 aromatic carbocycles. The van der Waals surface area contributed by atoms with E-state index in [-0.39, 0.29) is 0 Å². The number of hydrogen-bond donors (Lipinski definition) is 1. The maximum absolute atomic E-state index is 12.8. The largest absolute Gasteiger partial charge is 0.497 e. The second-order valence-electron chi connectivity index (χ2n) is 5.25. The van der Waals surface area contributed by atoms with Crippen molar-refractivity contribution in [1.82, 2.24) is 4.90 Å². The van der Waals surface area contributed by atoms with E-state index in [2.05, 4.69) is 5.32 Å². The molecule has 0 saturated carbocycles. The van der Waals surface area contributed by atoms with Gasteiger partial charge < -0.3 is 19.7 Å². The molecular weight excluding hydrogens is 313 g/mol. The van der Waals surface area contributed by atoms with Crippen LogP contribution in [0.15, 0.2) is 24.3 Å². The monoisotopic (exact) mass is 332 g/mol. The van der Waals surface area contributed by atoms with Crippen molar-refractivity contribution in [3.8, 4) is 5.75 Å². The molecule has 0 unspecified atom stereocenters. The van der Waals surface area contributed by atoms with E-state index in [1.165, 1.54) is 7.11 Å². The summed E-state index contributed by atoms with van der Waals surface area (Å²) in [4.78, 5) is 13.2. The van der Waals surface area contributed by atoms with Gasteiger partial charge in [0.2, 0.25) is 0 Å². The zero-order chi connectivity index (χ0) is 16.9. The molecule has 8 heteroatoms. The summed E-state index contributed by atoms with van der Waals surface area (Å²) in [5.74, 6) is 0.510. The summed E-state index contributed by atoms with van der Waals surface area (Å²) in [7, 11) is 1.47. The van der Waals surface area contributed by atoms with Crippen molar-refractivity contribution in [3.63, 3.8) is 0 Å². The van der Waals surface area contributed by atoms with Crippen LogP contribution in [0.2, 0.25) is 0 Å². The Bertz CT molecular complexity index is 531. The first-order chi connectivity index (χ1) is 10.9. The number of urea groups is 1. The van der Waals surface area contributed by atoms with Gasteiger partial charge in [0.25, 0.3) is 0 Å². The number of nitrogens with one attached hydrogen (secondary N) is 1. The second kappa shape index (κ2) is 7.54. The fourth-order valence-corrected chi connectivity index (χ4v) is 2.45. The van der Waals surface area contributed by atoms with Crippen molar-refractivity contribution in [2.45, 2.75) is 25.1 Å². The lowest BCUT2D eigenvalue weighted by Crippen LogP contribution is -2.49. The van der Waals surface area contributed by atoms with E-state index in [9.17, 15) is 18.0 Å². The smallest absolute Gasteiger partial charge is 0.406 e. The molecule has 1 aliphatic heterocycles. The zero-order valence-corrected chi connectivity index (χ0v) is 12.7. The highest BCUT2D eigenvalue weighted by atomic mass is 19.4. The molecule has 0 radical (unpaired) electrons. The number of halogens is 3. The lowest BCUT2D eigenvalue weighted by atomic mass is 10.1. The number of rotatable bonds is 4. The Labute approximate surface area is 132 Å². The minimum absolute atomic E-state index is 0.353. The van der Waals surface area contributed by atoms with Crippen LogP contribution >= 0.6 is 0 Å². The Balaban J connectivity index is 2.11. The Morgan fingerprint density at radius 1 is 1.39 bits per heavy atom. The number of methoxy groups -OCH3 is 1. The van der Waals surface area contributed by atoms with E-state index in [0.29, 0.717) is 37.5 Å². The summed E-state index contributed by atoms with van der Waals surface area (Å²) >= 11 is 0. The topological polar surface area (TPSA) is 50.8 Å². The van der Waals surface area contributed by atoms with Gasteiger partial charge in [-0.1, -0.05) is 6.07 Å². The number of carbonyl (C=O) groups excluding carboxylic acids is 1. The van der Waals surface area contributed by atoms with Gasteiger partial charge in [0.15, 0.2) is 0 Å². The summed E-state index contributed by atoms with van der Waals surface area (Å²) in [6, 6.07) is 5.21. The number of amides is 2. The molecule has 128 valence electrons. The van der Waals surface area contributed by atoms with Crippen molar-refractivity contribution in [2.75, 3.05) is 32.2 Å². The molecule has 2 rings (SSSR count). The van der Waals surface area contributed by atoms with E-state index in [4.69, 9.17) is 9.47 Å². The van der Waals surface area contributed by atoms with E-state index >= 15 is 0 Å². The molecular formula is C15H19F3N2O3. The Kier molecular flexibility index (Phi) is 5.70. The van der Waals surface area contributed by atoms with Gasteiger partial charge in [-0.2, -0.15) is 13.2 Å². The lowest BCUT2D eigenvalue weighted by Gasteiger charge is -2.34. The van der Waals surface area contributed by atoms with Crippen LogP contribution in [0.4, 0.5) is 23.7 Å². The number of benzene rings is 1. The Hall–Kier alpha value is -1.96. The lowest BCUT2D eigenvalue weighted by molar-refractivity contribution is -0.146. The van der Waals surface area contributed by atoms with Crippen LogP contribution in [0.1, 0.15) is 12.8 Å². The van der Waals surface area contributed by atoms with Crippen molar-refractivity contribution < 1.29 is 27.4 Å². The summed E-state index contributed by atoms with van der Waals surface area (Å²) in [5, 5.41) is 2.50. The van der Waals surface area contributed by atoms with Crippen LogP contribution in [-0.4, -0.2) is 50.0 Å². The standard InChI is InChI=1S/C15H19F3N2O3/c1-22-13-4-2-3-11(9-13)19-14(21)20(10-15(16,17)18)12-5-7-23-8-6-12/h2-4,9,12H,5-8,10H2,1H3,(H,19,21). The van der Waals surface area contributed by atoms with Crippen molar-refractivity contribution >= 4 is 11.7 Å². The fourth-order valence-electron chi connectivity index (χ4n) is 2.45. The molecule has 1 N–H and O–H groups in total. The average molecular weight is 332 g/mol. The molecule has 0 spiro atoms. The molecule has 1 aromatic rings. The highest BCUT2D eigenvalue weighted by Gasteiger charge is 2.37. The summed E-state index contributed by atoms with van der Waals surface area (Å²) < 4.78 is 48.6. The van der Waals surface area contributed by atoms with E-state index in [1.807, 2.05) is 0 Å².